The van der Waals surface area contributed by atoms with E-state index in [2.05, 4.69) is 24.4 Å². The monoisotopic (exact) mass is 119 g/mol. The highest BCUT2D eigenvalue weighted by molar-refractivity contribution is 7.88. The molecular formula is C3H3OS2. The zero-order chi connectivity index (χ0) is 5.15. The molecule has 0 unspecified atom stereocenters. The van der Waals surface area contributed by atoms with Crippen molar-refractivity contribution in [2.75, 3.05) is 0 Å². The molecule has 0 aromatic rings. The van der Waals surface area contributed by atoms with E-state index in [4.69, 9.17) is 0 Å². The van der Waals surface area contributed by atoms with Crippen LogP contribution in [0.15, 0.2) is 0 Å². The third-order valence-electron chi connectivity index (χ3n) is 0.287. The second kappa shape index (κ2) is 2.21. The summed E-state index contributed by atoms with van der Waals surface area (Å²) in [5.74, 6) is 0. The molecule has 3 heteroatoms. The van der Waals surface area contributed by atoms with Gasteiger partial charge in [0.15, 0.2) is 0 Å². The number of rotatable bonds is 1. The van der Waals surface area contributed by atoms with Gasteiger partial charge in [0, 0.05) is 0 Å². The molecule has 0 aliphatic rings. The van der Waals surface area contributed by atoms with Gasteiger partial charge in [0.05, 0.1) is 4.86 Å². The SMILES string of the molecule is CC(=S)C([O])=S. The average molecular weight is 119 g/mol. The van der Waals surface area contributed by atoms with Gasteiger partial charge >= 0.3 is 0 Å². The van der Waals surface area contributed by atoms with E-state index in [0.29, 0.717) is 0 Å². The predicted molar refractivity (Wildman–Crippen MR) is 31.6 cm³/mol. The Morgan fingerprint density at radius 1 is 1.50 bits per heavy atom. The number of thiocarbonyl (C=S) groups is 2. The molecule has 0 heterocycles. The Balaban J connectivity index is 3.57. The van der Waals surface area contributed by atoms with Gasteiger partial charge in [-0.25, -0.2) is 0 Å². The van der Waals surface area contributed by atoms with Crippen molar-refractivity contribution in [3.63, 3.8) is 0 Å². The third kappa shape index (κ3) is 2.23. The average Bonchev–Trinajstić information content (AvgIpc) is 1.36. The molecule has 0 aliphatic heterocycles. The summed E-state index contributed by atoms with van der Waals surface area (Å²) in [4.78, 5) is 0.269. The first-order chi connectivity index (χ1) is 2.64. The number of hydrogen-bond acceptors (Lipinski definition) is 2. The standard InChI is InChI=1S/C3H3OS2/c1-2(5)3(4)6/h1H3. The lowest BCUT2D eigenvalue weighted by atomic mass is 10.5. The van der Waals surface area contributed by atoms with Crippen LogP contribution in [0.4, 0.5) is 0 Å². The Labute approximate surface area is 47.0 Å². The Morgan fingerprint density at radius 3 is 1.67 bits per heavy atom. The second-order valence-corrected chi connectivity index (χ2v) is 1.83. The van der Waals surface area contributed by atoms with Gasteiger partial charge in [-0.1, -0.05) is 12.2 Å². The van der Waals surface area contributed by atoms with E-state index in [0.717, 1.165) is 0 Å². The first-order valence-corrected chi connectivity index (χ1v) is 2.18. The lowest BCUT2D eigenvalue weighted by Crippen LogP contribution is -1.97. The molecule has 0 saturated heterocycles. The molecule has 0 rings (SSSR count). The van der Waals surface area contributed by atoms with Gasteiger partial charge in [-0.2, -0.15) is 0 Å². The maximum Gasteiger partial charge on any atom is 0.255 e. The van der Waals surface area contributed by atoms with Crippen molar-refractivity contribution in [1.82, 2.24) is 0 Å². The van der Waals surface area contributed by atoms with Crippen molar-refractivity contribution in [3.05, 3.63) is 0 Å². The summed E-state index contributed by atoms with van der Waals surface area (Å²) in [6.07, 6.45) is 0. The van der Waals surface area contributed by atoms with E-state index in [9.17, 15) is 5.11 Å². The van der Waals surface area contributed by atoms with E-state index >= 15 is 0 Å². The highest BCUT2D eigenvalue weighted by atomic mass is 32.1. The molecule has 0 aliphatic carbocycles. The van der Waals surface area contributed by atoms with E-state index in [1.165, 1.54) is 6.92 Å². The smallest absolute Gasteiger partial charge is 0.255 e. The molecule has 0 spiro atoms. The Bertz CT molecular complexity index is 74.8. The van der Waals surface area contributed by atoms with Crippen molar-refractivity contribution in [1.29, 1.82) is 0 Å². The van der Waals surface area contributed by atoms with Crippen LogP contribution in [0.5, 0.6) is 0 Å². The van der Waals surface area contributed by atoms with Crippen LogP contribution in [-0.2, 0) is 5.11 Å². The summed E-state index contributed by atoms with van der Waals surface area (Å²) in [5.41, 5.74) is 0. The largest absolute Gasteiger partial charge is 0.276 e. The van der Waals surface area contributed by atoms with Gasteiger partial charge in [-0.3, -0.25) is 5.11 Å². The van der Waals surface area contributed by atoms with Gasteiger partial charge in [0.25, 0.3) is 5.05 Å². The Morgan fingerprint density at radius 2 is 1.67 bits per heavy atom. The van der Waals surface area contributed by atoms with Crippen molar-refractivity contribution < 1.29 is 5.11 Å². The zero-order valence-corrected chi connectivity index (χ0v) is 4.86. The summed E-state index contributed by atoms with van der Waals surface area (Å²) in [6.45, 7) is 1.52. The first-order valence-electron chi connectivity index (χ1n) is 1.36. The van der Waals surface area contributed by atoms with Crippen molar-refractivity contribution in [3.8, 4) is 0 Å². The van der Waals surface area contributed by atoms with E-state index < -0.39 is 5.05 Å². The lowest BCUT2D eigenvalue weighted by Gasteiger charge is -1.76. The fraction of sp³-hybridized carbons (Fsp3) is 0.333. The summed E-state index contributed by atoms with van der Waals surface area (Å²) in [6, 6.07) is 0. The molecule has 6 heavy (non-hydrogen) atoms. The second-order valence-electron chi connectivity index (χ2n) is 0.844. The highest BCUT2D eigenvalue weighted by Crippen LogP contribution is 1.76. The van der Waals surface area contributed by atoms with Gasteiger partial charge in [0.2, 0.25) is 0 Å². The zero-order valence-electron chi connectivity index (χ0n) is 3.22. The fourth-order valence-corrected chi connectivity index (χ4v) is 0. The first kappa shape index (κ1) is 5.98. The quantitative estimate of drug-likeness (QED) is 0.482. The van der Waals surface area contributed by atoms with Gasteiger partial charge in [-0.15, -0.1) is 0 Å². The predicted octanol–water partition coefficient (Wildman–Crippen LogP) is 1.13. The molecule has 0 fully saturated rings. The molecule has 0 N–H and O–H groups in total. The topological polar surface area (TPSA) is 19.9 Å². The van der Waals surface area contributed by atoms with E-state index in [-0.39, 0.29) is 4.86 Å². The van der Waals surface area contributed by atoms with Crippen molar-refractivity contribution in [2.24, 2.45) is 0 Å². The lowest BCUT2D eigenvalue weighted by molar-refractivity contribution is 0.451. The van der Waals surface area contributed by atoms with Crippen LogP contribution < -0.4 is 0 Å². The molecule has 0 atom stereocenters. The summed E-state index contributed by atoms with van der Waals surface area (Å²) in [7, 11) is 0. The van der Waals surface area contributed by atoms with Crippen LogP contribution in [0.25, 0.3) is 0 Å². The van der Waals surface area contributed by atoms with Gasteiger partial charge in [0.1, 0.15) is 0 Å². The molecule has 0 aromatic carbocycles. The van der Waals surface area contributed by atoms with Crippen LogP contribution in [0.1, 0.15) is 6.92 Å². The molecule has 1 nitrogen and oxygen atoms in total. The minimum Gasteiger partial charge on any atom is -0.276 e. The van der Waals surface area contributed by atoms with Crippen molar-refractivity contribution >= 4 is 34.4 Å². The Hall–Kier alpha value is -0.0200. The van der Waals surface area contributed by atoms with Crippen LogP contribution >= 0.6 is 24.4 Å². The summed E-state index contributed by atoms with van der Waals surface area (Å²) < 4.78 is 0. The highest BCUT2D eigenvalue weighted by Gasteiger charge is 1.91. The molecule has 33 valence electrons. The summed E-state index contributed by atoms with van der Waals surface area (Å²) >= 11 is 8.49. The van der Waals surface area contributed by atoms with Crippen LogP contribution in [-0.4, -0.2) is 9.92 Å². The van der Waals surface area contributed by atoms with Gasteiger partial charge in [-0.05, 0) is 19.1 Å². The maximum atomic E-state index is 9.82. The molecule has 0 bridgehead atoms. The molecule has 0 aromatic heterocycles. The minimum absolute atomic E-state index is 0.269. The third-order valence-corrected chi connectivity index (χ3v) is 0.908. The molecule has 0 saturated carbocycles. The van der Waals surface area contributed by atoms with Crippen LogP contribution in [0, 0.1) is 0 Å². The molecular weight excluding hydrogens is 116 g/mol. The normalized spacial score (nSPS) is 7.50. The van der Waals surface area contributed by atoms with Gasteiger partial charge < -0.3 is 0 Å². The fourth-order valence-electron chi connectivity index (χ4n) is 0. The maximum absolute atomic E-state index is 9.82. The number of hydrogen-bond donors (Lipinski definition) is 0. The summed E-state index contributed by atoms with van der Waals surface area (Å²) in [5, 5.41) is 9.39. The van der Waals surface area contributed by atoms with E-state index in [1.54, 1.807) is 0 Å². The Kier molecular flexibility index (Phi) is 2.20. The van der Waals surface area contributed by atoms with Crippen LogP contribution in [0.2, 0.25) is 0 Å². The minimum atomic E-state index is -0.426. The van der Waals surface area contributed by atoms with E-state index in [1.807, 2.05) is 0 Å². The molecule has 1 radical (unpaired) electrons. The molecule has 0 amide bonds. The van der Waals surface area contributed by atoms with Crippen molar-refractivity contribution in [2.45, 2.75) is 6.92 Å². The van der Waals surface area contributed by atoms with Crippen LogP contribution in [0.3, 0.4) is 0 Å².